The van der Waals surface area contributed by atoms with Crippen LogP contribution in [0.4, 0.5) is 0 Å². The monoisotopic (exact) mass is 975 g/mol. The summed E-state index contributed by atoms with van der Waals surface area (Å²) in [6.07, 6.45) is 36.6. The van der Waals surface area contributed by atoms with E-state index in [1.165, 1.54) is 141 Å². The molecule has 6 unspecified atom stereocenters. The van der Waals surface area contributed by atoms with Crippen LogP contribution in [0.1, 0.15) is 245 Å². The van der Waals surface area contributed by atoms with Gasteiger partial charge in [0.25, 0.3) is 0 Å². The van der Waals surface area contributed by atoms with Gasteiger partial charge in [0.1, 0.15) is 43.2 Å². The standard InChI is InChI=1S/C53H99O13P/c1-3-5-7-9-11-13-15-17-19-21-22-23-24-25-26-28-29-31-33-35-37-39-41-46(54)63-43-45(44-64-67(61,62)66-53-51(59)49(57)48(56)50(58)52(53)60)65-47(55)42-40-38-36-34-32-30-27-20-18-16-14-12-10-8-6-4-2/h14,16,20,27,45,48-53,56-60H,3-13,15,17-19,21-26,28-44H2,1-2H3,(H,61,62)/b16-14-,27-20-. The lowest BCUT2D eigenvalue weighted by Crippen LogP contribution is -2.64. The Kier molecular flexibility index (Phi) is 40.8. The lowest BCUT2D eigenvalue weighted by Gasteiger charge is -2.41. The summed E-state index contributed by atoms with van der Waals surface area (Å²) in [7, 11) is -5.12. The molecule has 6 N–H and O–H groups in total. The lowest BCUT2D eigenvalue weighted by molar-refractivity contribution is -0.220. The predicted octanol–water partition coefficient (Wildman–Crippen LogP) is 12.0. The van der Waals surface area contributed by atoms with E-state index in [0.29, 0.717) is 12.8 Å². The summed E-state index contributed by atoms with van der Waals surface area (Å²) >= 11 is 0. The van der Waals surface area contributed by atoms with Crippen molar-refractivity contribution in [2.75, 3.05) is 13.2 Å². The third-order valence-corrected chi connectivity index (χ3v) is 13.8. The summed E-state index contributed by atoms with van der Waals surface area (Å²) in [5.74, 6) is -1.10. The molecule has 1 fully saturated rings. The molecule has 1 aliphatic carbocycles. The van der Waals surface area contributed by atoms with Crippen LogP contribution in [0, 0.1) is 0 Å². The summed E-state index contributed by atoms with van der Waals surface area (Å²) < 4.78 is 33.7. The molecule has 0 heterocycles. The van der Waals surface area contributed by atoms with Crippen LogP contribution in [0.2, 0.25) is 0 Å². The first kappa shape index (κ1) is 63.3. The van der Waals surface area contributed by atoms with Crippen LogP contribution < -0.4 is 0 Å². The summed E-state index contributed by atoms with van der Waals surface area (Å²) in [6, 6.07) is 0. The first-order valence-corrected chi connectivity index (χ1v) is 28.6. The molecule has 0 amide bonds. The molecule has 1 saturated carbocycles. The molecule has 0 aromatic rings. The van der Waals surface area contributed by atoms with Gasteiger partial charge in [-0.25, -0.2) is 4.57 Å². The van der Waals surface area contributed by atoms with Gasteiger partial charge in [-0.05, 0) is 44.9 Å². The Hall–Kier alpha value is -1.67. The topological polar surface area (TPSA) is 210 Å². The molecule has 1 rings (SSSR count). The number of rotatable bonds is 46. The number of aliphatic hydroxyl groups excluding tert-OH is 5. The number of phosphoric ester groups is 1. The smallest absolute Gasteiger partial charge is 0.462 e. The fraction of sp³-hybridized carbons (Fsp3) is 0.887. The summed E-state index contributed by atoms with van der Waals surface area (Å²) in [5.41, 5.74) is 0. The fourth-order valence-electron chi connectivity index (χ4n) is 8.44. The van der Waals surface area contributed by atoms with Crippen molar-refractivity contribution in [2.45, 2.75) is 288 Å². The second kappa shape index (κ2) is 43.1. The van der Waals surface area contributed by atoms with Gasteiger partial charge in [-0.2, -0.15) is 0 Å². The third-order valence-electron chi connectivity index (χ3n) is 12.8. The highest BCUT2D eigenvalue weighted by Gasteiger charge is 2.51. The van der Waals surface area contributed by atoms with E-state index >= 15 is 0 Å². The average molecular weight is 975 g/mol. The molecule has 0 saturated heterocycles. The molecule has 0 bridgehead atoms. The van der Waals surface area contributed by atoms with Gasteiger partial charge in [-0.15, -0.1) is 0 Å². The number of carbonyl (C=O) groups excluding carboxylic acids is 2. The van der Waals surface area contributed by atoms with Gasteiger partial charge < -0.3 is 39.9 Å². The van der Waals surface area contributed by atoms with Gasteiger partial charge in [0, 0.05) is 12.8 Å². The number of ether oxygens (including phenoxy) is 2. The largest absolute Gasteiger partial charge is 0.472 e. The van der Waals surface area contributed by atoms with Crippen molar-refractivity contribution in [2.24, 2.45) is 0 Å². The van der Waals surface area contributed by atoms with E-state index < -0.39 is 75.7 Å². The van der Waals surface area contributed by atoms with E-state index in [0.717, 1.165) is 64.2 Å². The van der Waals surface area contributed by atoms with E-state index in [-0.39, 0.29) is 12.8 Å². The normalized spacial score (nSPS) is 21.3. The molecule has 0 aromatic carbocycles. The number of aliphatic hydroxyl groups is 5. The maximum atomic E-state index is 12.9. The predicted molar refractivity (Wildman–Crippen MR) is 267 cm³/mol. The minimum Gasteiger partial charge on any atom is -0.462 e. The van der Waals surface area contributed by atoms with Gasteiger partial charge in [0.05, 0.1) is 6.61 Å². The van der Waals surface area contributed by atoms with Crippen molar-refractivity contribution in [3.05, 3.63) is 24.3 Å². The molecule has 13 nitrogen and oxygen atoms in total. The maximum absolute atomic E-state index is 12.9. The Labute approximate surface area is 406 Å². The van der Waals surface area contributed by atoms with Crippen molar-refractivity contribution in [1.82, 2.24) is 0 Å². The number of allylic oxidation sites excluding steroid dienone is 4. The zero-order valence-corrected chi connectivity index (χ0v) is 43.1. The molecule has 394 valence electrons. The first-order valence-electron chi connectivity index (χ1n) is 27.1. The van der Waals surface area contributed by atoms with Gasteiger partial charge in [-0.3, -0.25) is 18.6 Å². The molecule has 67 heavy (non-hydrogen) atoms. The molecule has 0 radical (unpaired) electrons. The fourth-order valence-corrected chi connectivity index (χ4v) is 9.41. The van der Waals surface area contributed by atoms with Crippen LogP contribution in [0.3, 0.4) is 0 Å². The zero-order chi connectivity index (χ0) is 49.2. The molecular weight excluding hydrogens is 876 g/mol. The van der Waals surface area contributed by atoms with Gasteiger partial charge in [0.15, 0.2) is 6.10 Å². The van der Waals surface area contributed by atoms with Crippen LogP contribution >= 0.6 is 7.82 Å². The molecule has 6 atom stereocenters. The summed E-state index contributed by atoms with van der Waals surface area (Å²) in [5, 5.41) is 50.3. The van der Waals surface area contributed by atoms with E-state index in [2.05, 4.69) is 38.2 Å². The van der Waals surface area contributed by atoms with Crippen LogP contribution in [0.5, 0.6) is 0 Å². The number of hydrogen-bond acceptors (Lipinski definition) is 12. The Morgan fingerprint density at radius 1 is 0.463 bits per heavy atom. The van der Waals surface area contributed by atoms with E-state index in [1.54, 1.807) is 0 Å². The minimum atomic E-state index is -5.12. The van der Waals surface area contributed by atoms with Crippen LogP contribution in [0.15, 0.2) is 24.3 Å². The van der Waals surface area contributed by atoms with E-state index in [4.69, 9.17) is 18.5 Å². The minimum absolute atomic E-state index is 0.0838. The lowest BCUT2D eigenvalue weighted by atomic mass is 9.85. The van der Waals surface area contributed by atoms with Crippen LogP contribution in [-0.2, 0) is 32.7 Å². The summed E-state index contributed by atoms with van der Waals surface area (Å²) in [4.78, 5) is 35.9. The first-order chi connectivity index (χ1) is 32.4. The Morgan fingerprint density at radius 3 is 1.22 bits per heavy atom. The third kappa shape index (κ3) is 35.1. The van der Waals surface area contributed by atoms with Crippen molar-refractivity contribution < 1.29 is 63.1 Å². The second-order valence-electron chi connectivity index (χ2n) is 19.1. The Morgan fingerprint density at radius 2 is 0.806 bits per heavy atom. The molecule has 0 spiro atoms. The SMILES string of the molecule is CCCCCC/C=C\C/C=C\CCCCCCCC(=O)OC(COC(=O)CCCCCCCCCCCCCCCCCCCCCCCC)COP(=O)(O)OC1C(O)C(O)C(O)C(O)C1O. The maximum Gasteiger partial charge on any atom is 0.472 e. The van der Waals surface area contributed by atoms with Crippen molar-refractivity contribution in [3.63, 3.8) is 0 Å². The molecule has 1 aliphatic rings. The molecule has 14 heteroatoms. The van der Waals surface area contributed by atoms with Crippen molar-refractivity contribution in [3.8, 4) is 0 Å². The second-order valence-corrected chi connectivity index (χ2v) is 20.5. The number of esters is 2. The molecule has 0 aliphatic heterocycles. The molecule has 0 aromatic heterocycles. The highest BCUT2D eigenvalue weighted by Crippen LogP contribution is 2.47. The number of unbranched alkanes of at least 4 members (excludes halogenated alkanes) is 30. The number of carbonyl (C=O) groups is 2. The number of phosphoric acid groups is 1. The molecular formula is C53H99O13P. The Bertz CT molecular complexity index is 1270. The average Bonchev–Trinajstić information content (AvgIpc) is 3.31. The van der Waals surface area contributed by atoms with Crippen molar-refractivity contribution >= 4 is 19.8 Å². The van der Waals surface area contributed by atoms with Gasteiger partial charge >= 0.3 is 19.8 Å². The quantitative estimate of drug-likeness (QED) is 0.0145. The Balaban J connectivity index is 2.35. The highest BCUT2D eigenvalue weighted by molar-refractivity contribution is 7.47. The van der Waals surface area contributed by atoms with Crippen molar-refractivity contribution in [1.29, 1.82) is 0 Å². The highest BCUT2D eigenvalue weighted by atomic mass is 31.2. The number of hydrogen-bond donors (Lipinski definition) is 6. The van der Waals surface area contributed by atoms with E-state index in [1.807, 2.05) is 0 Å². The van der Waals surface area contributed by atoms with Gasteiger partial charge in [-0.1, -0.05) is 212 Å². The van der Waals surface area contributed by atoms with Gasteiger partial charge in [0.2, 0.25) is 0 Å². The summed E-state index contributed by atoms with van der Waals surface area (Å²) in [6.45, 7) is 3.31. The van der Waals surface area contributed by atoms with Crippen LogP contribution in [0.25, 0.3) is 0 Å². The zero-order valence-electron chi connectivity index (χ0n) is 42.2. The van der Waals surface area contributed by atoms with Crippen LogP contribution in [-0.4, -0.2) is 98.3 Å². The van der Waals surface area contributed by atoms with E-state index in [9.17, 15) is 44.6 Å².